The number of methoxy groups -OCH3 is 1. The van der Waals surface area contributed by atoms with E-state index in [0.29, 0.717) is 22.2 Å². The van der Waals surface area contributed by atoms with Crippen LogP contribution in [-0.2, 0) is 13.2 Å². The molecule has 6 rings (SSSR count). The Bertz CT molecular complexity index is 898. The van der Waals surface area contributed by atoms with E-state index in [4.69, 9.17) is 32.7 Å². The Kier molecular flexibility index (Phi) is 6.98. The summed E-state index contributed by atoms with van der Waals surface area (Å²) in [5, 5.41) is 5.22. The summed E-state index contributed by atoms with van der Waals surface area (Å²) in [6.45, 7) is 1.17. The number of nitrogens with one attached hydrogen (secondary N) is 1. The first-order chi connectivity index (χ1) is 14.5. The van der Waals surface area contributed by atoms with Gasteiger partial charge in [0, 0.05) is 33.3 Å². The van der Waals surface area contributed by atoms with Crippen molar-refractivity contribution in [2.75, 3.05) is 7.11 Å². The second-order valence-corrected chi connectivity index (χ2v) is 10.4. The Hall–Kier alpha value is -1.13. The fourth-order valence-corrected chi connectivity index (χ4v) is 6.89. The normalized spacial score (nSPS) is 28.3. The van der Waals surface area contributed by atoms with Crippen molar-refractivity contribution < 1.29 is 9.47 Å². The van der Waals surface area contributed by atoms with Crippen LogP contribution >= 0.6 is 35.6 Å². The van der Waals surface area contributed by atoms with Crippen molar-refractivity contribution >= 4 is 35.6 Å². The van der Waals surface area contributed by atoms with E-state index < -0.39 is 0 Å². The maximum atomic E-state index is 6.34. The topological polar surface area (TPSA) is 30.5 Å². The molecule has 4 saturated carbocycles. The zero-order chi connectivity index (χ0) is 20.7. The second-order valence-electron chi connectivity index (χ2n) is 9.52. The molecule has 0 atom stereocenters. The molecule has 0 aliphatic heterocycles. The summed E-state index contributed by atoms with van der Waals surface area (Å²) in [5.74, 6) is 4.33. The molecule has 0 unspecified atom stereocenters. The zero-order valence-corrected chi connectivity index (χ0v) is 20.2. The van der Waals surface area contributed by atoms with Gasteiger partial charge in [0.25, 0.3) is 0 Å². The summed E-state index contributed by atoms with van der Waals surface area (Å²) in [7, 11) is 1.69. The van der Waals surface area contributed by atoms with Crippen LogP contribution in [0.4, 0.5) is 0 Å². The van der Waals surface area contributed by atoms with Crippen LogP contribution in [0.25, 0.3) is 0 Å². The summed E-state index contributed by atoms with van der Waals surface area (Å²) in [5.41, 5.74) is 2.36. The van der Waals surface area contributed by atoms with Gasteiger partial charge >= 0.3 is 0 Å². The molecule has 1 N–H and O–H groups in total. The number of halogens is 3. The van der Waals surface area contributed by atoms with Crippen LogP contribution in [0, 0.1) is 17.8 Å². The van der Waals surface area contributed by atoms with Crippen LogP contribution in [0.2, 0.25) is 10.0 Å². The first kappa shape index (κ1) is 23.0. The summed E-state index contributed by atoms with van der Waals surface area (Å²) in [4.78, 5) is 0. The van der Waals surface area contributed by atoms with E-state index in [1.807, 2.05) is 24.3 Å². The lowest BCUT2D eigenvalue weighted by Crippen LogP contribution is -2.58. The number of hydrogen-bond acceptors (Lipinski definition) is 3. The van der Waals surface area contributed by atoms with Gasteiger partial charge in [0.1, 0.15) is 6.61 Å². The quantitative estimate of drug-likeness (QED) is 0.458. The van der Waals surface area contributed by atoms with E-state index in [-0.39, 0.29) is 12.4 Å². The maximum Gasteiger partial charge on any atom is 0.166 e. The third kappa shape index (κ3) is 4.80. The third-order valence-corrected chi connectivity index (χ3v) is 7.95. The lowest BCUT2D eigenvalue weighted by atomic mass is 9.53. The van der Waals surface area contributed by atoms with Gasteiger partial charge in [-0.25, -0.2) is 0 Å². The summed E-state index contributed by atoms with van der Waals surface area (Å²) in [6, 6.07) is 11.6. The molecule has 2 aromatic rings. The van der Waals surface area contributed by atoms with Gasteiger partial charge in [0.2, 0.25) is 0 Å². The number of para-hydroxylation sites is 1. The van der Waals surface area contributed by atoms with Gasteiger partial charge in [-0.2, -0.15) is 0 Å². The molecule has 0 amide bonds. The minimum atomic E-state index is 0. The lowest BCUT2D eigenvalue weighted by molar-refractivity contribution is -0.0206. The highest BCUT2D eigenvalue weighted by Crippen LogP contribution is 2.55. The molecule has 0 saturated heterocycles. The van der Waals surface area contributed by atoms with Crippen LogP contribution < -0.4 is 14.8 Å². The van der Waals surface area contributed by atoms with Crippen molar-refractivity contribution in [3.05, 3.63) is 57.6 Å². The number of rotatable bonds is 7. The van der Waals surface area contributed by atoms with E-state index in [1.54, 1.807) is 13.2 Å². The maximum absolute atomic E-state index is 6.34. The van der Waals surface area contributed by atoms with E-state index in [9.17, 15) is 0 Å². The van der Waals surface area contributed by atoms with Crippen LogP contribution in [-0.4, -0.2) is 12.6 Å². The van der Waals surface area contributed by atoms with Crippen molar-refractivity contribution in [2.45, 2.75) is 57.2 Å². The fourth-order valence-electron chi connectivity index (χ4n) is 6.42. The lowest BCUT2D eigenvalue weighted by Gasteiger charge is -2.57. The van der Waals surface area contributed by atoms with Crippen LogP contribution in [0.1, 0.15) is 49.7 Å². The molecule has 6 heteroatoms. The number of benzene rings is 2. The van der Waals surface area contributed by atoms with E-state index in [1.165, 1.54) is 38.5 Å². The molecular formula is C25H30Cl3NO2. The first-order valence-electron chi connectivity index (χ1n) is 11.0. The molecule has 3 nitrogen and oxygen atoms in total. The average molecular weight is 483 g/mol. The molecular weight excluding hydrogens is 453 g/mol. The van der Waals surface area contributed by atoms with Gasteiger partial charge in [-0.05, 0) is 74.5 Å². The largest absolute Gasteiger partial charge is 0.493 e. The summed E-state index contributed by atoms with van der Waals surface area (Å²) >= 11 is 12.4. The zero-order valence-electron chi connectivity index (χ0n) is 17.8. The molecule has 0 aromatic heterocycles. The monoisotopic (exact) mass is 481 g/mol. The fraction of sp³-hybridized carbons (Fsp3) is 0.520. The van der Waals surface area contributed by atoms with Gasteiger partial charge in [-0.3, -0.25) is 0 Å². The van der Waals surface area contributed by atoms with Gasteiger partial charge in [0.05, 0.1) is 7.11 Å². The van der Waals surface area contributed by atoms with Gasteiger partial charge in [-0.1, -0.05) is 41.4 Å². The molecule has 0 radical (unpaired) electrons. The Morgan fingerprint density at radius 2 is 1.65 bits per heavy atom. The van der Waals surface area contributed by atoms with Crippen LogP contribution in [0.15, 0.2) is 36.4 Å². The highest BCUT2D eigenvalue weighted by molar-refractivity contribution is 6.35. The molecule has 168 valence electrons. The van der Waals surface area contributed by atoms with E-state index in [0.717, 1.165) is 46.9 Å². The van der Waals surface area contributed by atoms with E-state index in [2.05, 4.69) is 11.4 Å². The second kappa shape index (κ2) is 9.39. The predicted octanol–water partition coefficient (Wildman–Crippen LogP) is 7.06. The minimum absolute atomic E-state index is 0. The molecule has 31 heavy (non-hydrogen) atoms. The van der Waals surface area contributed by atoms with Gasteiger partial charge < -0.3 is 14.8 Å². The van der Waals surface area contributed by atoms with Crippen molar-refractivity contribution in [2.24, 2.45) is 17.8 Å². The molecule has 0 spiro atoms. The molecule has 4 bridgehead atoms. The average Bonchev–Trinajstić information content (AvgIpc) is 2.71. The Morgan fingerprint density at radius 1 is 0.968 bits per heavy atom. The Labute approximate surface area is 201 Å². The minimum Gasteiger partial charge on any atom is -0.493 e. The van der Waals surface area contributed by atoms with Crippen LogP contribution in [0.3, 0.4) is 0 Å². The standard InChI is InChI=1S/C25H29Cl2NO2.ClH/c1-29-23-4-2-3-19(24(23)30-15-20-5-6-21(26)10-22(20)27)14-28-25-11-16-7-17(12-25)9-18(8-16)13-25;/h2-6,10,16-18,28H,7-9,11-15H2,1H3;1H. The highest BCUT2D eigenvalue weighted by atomic mass is 35.5. The van der Waals surface area contributed by atoms with Crippen molar-refractivity contribution in [3.8, 4) is 11.5 Å². The molecule has 2 aromatic carbocycles. The van der Waals surface area contributed by atoms with E-state index >= 15 is 0 Å². The molecule has 4 aliphatic carbocycles. The SMILES string of the molecule is COc1cccc(CNC23CC4CC(CC(C4)C2)C3)c1OCc1ccc(Cl)cc1Cl.Cl. The highest BCUT2D eigenvalue weighted by Gasteiger charge is 2.50. The van der Waals surface area contributed by atoms with Crippen molar-refractivity contribution in [1.29, 1.82) is 0 Å². The molecule has 4 aliphatic rings. The number of ether oxygens (including phenoxy) is 2. The summed E-state index contributed by atoms with van der Waals surface area (Å²) in [6.07, 6.45) is 8.36. The Morgan fingerprint density at radius 3 is 2.26 bits per heavy atom. The third-order valence-electron chi connectivity index (χ3n) is 7.36. The van der Waals surface area contributed by atoms with Crippen molar-refractivity contribution in [1.82, 2.24) is 5.32 Å². The number of hydrogen-bond donors (Lipinski definition) is 1. The van der Waals surface area contributed by atoms with Crippen LogP contribution in [0.5, 0.6) is 11.5 Å². The smallest absolute Gasteiger partial charge is 0.166 e. The Balaban J connectivity index is 0.00000231. The molecule has 0 heterocycles. The van der Waals surface area contributed by atoms with Gasteiger partial charge in [-0.15, -0.1) is 12.4 Å². The predicted molar refractivity (Wildman–Crippen MR) is 129 cm³/mol. The van der Waals surface area contributed by atoms with Crippen molar-refractivity contribution in [3.63, 3.8) is 0 Å². The molecule has 4 fully saturated rings. The first-order valence-corrected chi connectivity index (χ1v) is 11.8. The van der Waals surface area contributed by atoms with Gasteiger partial charge in [0.15, 0.2) is 11.5 Å². The summed E-state index contributed by atoms with van der Waals surface area (Å²) < 4.78 is 11.9.